The van der Waals surface area contributed by atoms with Crippen LogP contribution in [-0.4, -0.2) is 18.5 Å². The molecule has 0 fully saturated rings. The van der Waals surface area contributed by atoms with Gasteiger partial charge in [0.15, 0.2) is 0 Å². The lowest BCUT2D eigenvalue weighted by atomic mass is 10.2. The van der Waals surface area contributed by atoms with Gasteiger partial charge >= 0.3 is 0 Å². The molecule has 0 spiro atoms. The number of hydrogen-bond acceptors (Lipinski definition) is 1. The SMILES string of the molecule is CCCC[P+](CCCC)(CCCC)C(Oc1ccccc1Cl)c1ccccc1.[Cl-]. The van der Waals surface area contributed by atoms with Crippen LogP contribution < -0.4 is 17.1 Å². The van der Waals surface area contributed by atoms with E-state index in [0.717, 1.165) is 5.75 Å². The summed E-state index contributed by atoms with van der Waals surface area (Å²) in [6, 6.07) is 18.8. The highest BCUT2D eigenvalue weighted by Crippen LogP contribution is 2.71. The zero-order chi connectivity index (χ0) is 20.2. The molecule has 0 radical (unpaired) electrons. The smallest absolute Gasteiger partial charge is 0.231 e. The lowest BCUT2D eigenvalue weighted by Crippen LogP contribution is -3.00. The third-order valence-electron chi connectivity index (χ3n) is 5.53. The average Bonchev–Trinajstić information content (AvgIpc) is 2.74. The van der Waals surface area contributed by atoms with Crippen molar-refractivity contribution in [3.8, 4) is 5.75 Å². The van der Waals surface area contributed by atoms with Crippen LogP contribution in [0.5, 0.6) is 5.75 Å². The second-order valence-corrected chi connectivity index (χ2v) is 12.4. The van der Waals surface area contributed by atoms with Crippen LogP contribution in [0.4, 0.5) is 0 Å². The van der Waals surface area contributed by atoms with E-state index in [-0.39, 0.29) is 18.3 Å². The number of para-hydroxylation sites is 1. The van der Waals surface area contributed by atoms with Crippen molar-refractivity contribution in [1.82, 2.24) is 0 Å². The highest BCUT2D eigenvalue weighted by molar-refractivity contribution is 7.76. The van der Waals surface area contributed by atoms with Gasteiger partial charge in [-0.1, -0.05) is 94.1 Å². The first-order valence-electron chi connectivity index (χ1n) is 11.0. The molecule has 2 aromatic carbocycles. The van der Waals surface area contributed by atoms with Crippen molar-refractivity contribution in [3.05, 3.63) is 65.2 Å². The summed E-state index contributed by atoms with van der Waals surface area (Å²) < 4.78 is 6.81. The van der Waals surface area contributed by atoms with E-state index in [1.807, 2.05) is 24.3 Å². The summed E-state index contributed by atoms with van der Waals surface area (Å²) in [6.07, 6.45) is 11.5. The van der Waals surface area contributed by atoms with Crippen LogP contribution in [0, 0.1) is 0 Å². The lowest BCUT2D eigenvalue weighted by Gasteiger charge is -2.35. The Hall–Kier alpha value is -0.750. The molecule has 1 atom stereocenters. The van der Waals surface area contributed by atoms with E-state index in [1.54, 1.807) is 0 Å². The van der Waals surface area contributed by atoms with Gasteiger partial charge in [0.25, 0.3) is 0 Å². The number of ether oxygens (including phenoxy) is 1. The molecule has 1 unspecified atom stereocenters. The van der Waals surface area contributed by atoms with Gasteiger partial charge in [-0.25, -0.2) is 0 Å². The fraction of sp³-hybridized carbons (Fsp3) is 0.520. The largest absolute Gasteiger partial charge is 1.00 e. The maximum absolute atomic E-state index is 6.81. The molecular formula is C25H37Cl2OP. The summed E-state index contributed by atoms with van der Waals surface area (Å²) in [5.41, 5.74) is 1.32. The lowest BCUT2D eigenvalue weighted by molar-refractivity contribution is -0.00000625. The summed E-state index contributed by atoms with van der Waals surface area (Å²) >= 11 is 6.51. The molecule has 0 saturated carbocycles. The van der Waals surface area contributed by atoms with E-state index in [1.165, 1.54) is 62.6 Å². The molecule has 0 heterocycles. The van der Waals surface area contributed by atoms with Crippen molar-refractivity contribution < 1.29 is 17.1 Å². The molecule has 29 heavy (non-hydrogen) atoms. The Kier molecular flexibility index (Phi) is 13.0. The zero-order valence-electron chi connectivity index (χ0n) is 18.2. The summed E-state index contributed by atoms with van der Waals surface area (Å²) in [7, 11) is -1.34. The number of unbranched alkanes of at least 4 members (excludes halogenated alkanes) is 3. The van der Waals surface area contributed by atoms with Crippen LogP contribution >= 0.6 is 18.9 Å². The molecule has 0 amide bonds. The van der Waals surface area contributed by atoms with Crippen LogP contribution in [0.3, 0.4) is 0 Å². The summed E-state index contributed by atoms with van der Waals surface area (Å²) in [4.78, 5) is 0. The fourth-order valence-electron chi connectivity index (χ4n) is 3.88. The third-order valence-corrected chi connectivity index (χ3v) is 10.9. The minimum absolute atomic E-state index is 0. The molecule has 0 aliphatic rings. The highest BCUT2D eigenvalue weighted by atomic mass is 35.5. The standard InChI is InChI=1S/C25H37ClOP.ClH/c1-4-7-19-28(20-8-5-2,21-9-6-3)25(22-15-11-10-12-16-22)27-24-18-14-13-17-23(24)26;/h10-18,25H,4-9,19-21H2,1-3H3;1H/q+1;/p-1. The van der Waals surface area contributed by atoms with Gasteiger partial charge in [-0.3, -0.25) is 0 Å². The Labute approximate surface area is 190 Å². The van der Waals surface area contributed by atoms with E-state index in [0.29, 0.717) is 5.02 Å². The Morgan fingerprint density at radius 1 is 0.759 bits per heavy atom. The summed E-state index contributed by atoms with van der Waals surface area (Å²) in [5.74, 6) is 0.963. The van der Waals surface area contributed by atoms with Gasteiger partial charge in [0.2, 0.25) is 5.85 Å². The molecule has 0 aliphatic heterocycles. The van der Waals surface area contributed by atoms with Gasteiger partial charge in [-0.2, -0.15) is 0 Å². The molecule has 0 aromatic heterocycles. The summed E-state index contributed by atoms with van der Waals surface area (Å²) in [5, 5.41) is 0.711. The molecule has 0 saturated heterocycles. The molecule has 162 valence electrons. The topological polar surface area (TPSA) is 9.23 Å². The van der Waals surface area contributed by atoms with Gasteiger partial charge in [-0.05, 0) is 31.4 Å². The molecule has 4 heteroatoms. The quantitative estimate of drug-likeness (QED) is 0.345. The molecule has 0 aliphatic carbocycles. The zero-order valence-corrected chi connectivity index (χ0v) is 20.7. The van der Waals surface area contributed by atoms with Crippen LogP contribution in [0.15, 0.2) is 54.6 Å². The molecule has 1 nitrogen and oxygen atoms in total. The molecule has 2 rings (SSSR count). The van der Waals surface area contributed by atoms with E-state index in [2.05, 4.69) is 51.1 Å². The Balaban J connectivity index is 0.00000420. The second kappa shape index (κ2) is 14.3. The van der Waals surface area contributed by atoms with E-state index in [4.69, 9.17) is 16.3 Å². The minimum atomic E-state index is -1.34. The average molecular weight is 455 g/mol. The Bertz CT molecular complexity index is 656. The molecule has 0 bridgehead atoms. The van der Waals surface area contributed by atoms with Crippen molar-refractivity contribution in [2.75, 3.05) is 18.5 Å². The van der Waals surface area contributed by atoms with Crippen molar-refractivity contribution in [3.63, 3.8) is 0 Å². The first-order chi connectivity index (χ1) is 13.7. The number of rotatable bonds is 13. The van der Waals surface area contributed by atoms with Crippen molar-refractivity contribution in [1.29, 1.82) is 0 Å². The fourth-order valence-corrected chi connectivity index (χ4v) is 9.41. The molecular weight excluding hydrogens is 418 g/mol. The van der Waals surface area contributed by atoms with Crippen LogP contribution in [-0.2, 0) is 0 Å². The molecule has 2 aromatic rings. The molecule has 0 N–H and O–H groups in total. The maximum Gasteiger partial charge on any atom is 0.231 e. The van der Waals surface area contributed by atoms with Crippen molar-refractivity contribution in [2.24, 2.45) is 0 Å². The minimum Gasteiger partial charge on any atom is -1.00 e. The number of halogens is 2. The summed E-state index contributed by atoms with van der Waals surface area (Å²) in [6.45, 7) is 6.92. The third kappa shape index (κ3) is 7.78. The van der Waals surface area contributed by atoms with Gasteiger partial charge in [0.1, 0.15) is 5.75 Å². The predicted molar refractivity (Wildman–Crippen MR) is 128 cm³/mol. The van der Waals surface area contributed by atoms with Crippen LogP contribution in [0.1, 0.15) is 70.7 Å². The second-order valence-electron chi connectivity index (χ2n) is 7.76. The normalized spacial score (nSPS) is 12.3. The predicted octanol–water partition coefficient (Wildman–Crippen LogP) is 5.84. The number of hydrogen-bond donors (Lipinski definition) is 0. The monoisotopic (exact) mass is 454 g/mol. The van der Waals surface area contributed by atoms with Gasteiger partial charge in [0.05, 0.1) is 30.8 Å². The van der Waals surface area contributed by atoms with Gasteiger partial charge in [-0.15, -0.1) is 0 Å². The number of benzene rings is 2. The van der Waals surface area contributed by atoms with E-state index >= 15 is 0 Å². The maximum atomic E-state index is 6.81. The van der Waals surface area contributed by atoms with Crippen LogP contribution in [0.2, 0.25) is 5.02 Å². The van der Waals surface area contributed by atoms with E-state index < -0.39 is 7.26 Å². The van der Waals surface area contributed by atoms with Crippen molar-refractivity contribution in [2.45, 2.75) is 65.1 Å². The van der Waals surface area contributed by atoms with Crippen LogP contribution in [0.25, 0.3) is 0 Å². The Morgan fingerprint density at radius 3 is 1.72 bits per heavy atom. The Morgan fingerprint density at radius 2 is 1.24 bits per heavy atom. The van der Waals surface area contributed by atoms with Crippen molar-refractivity contribution >= 4 is 18.9 Å². The highest BCUT2D eigenvalue weighted by Gasteiger charge is 2.47. The van der Waals surface area contributed by atoms with E-state index in [9.17, 15) is 0 Å². The van der Waals surface area contributed by atoms with Gasteiger partial charge < -0.3 is 17.1 Å². The first-order valence-corrected chi connectivity index (χ1v) is 13.8. The van der Waals surface area contributed by atoms with Gasteiger partial charge in [0, 0.05) is 5.56 Å². The first kappa shape index (κ1) is 26.3.